The summed E-state index contributed by atoms with van der Waals surface area (Å²) in [5.74, 6) is -0.954. The maximum absolute atomic E-state index is 14.0. The Morgan fingerprint density at radius 2 is 1.69 bits per heavy atom. The molecule has 0 aromatic rings. The van der Waals surface area contributed by atoms with Crippen LogP contribution in [0, 0.1) is 17.8 Å². The molecule has 0 saturated carbocycles. The summed E-state index contributed by atoms with van der Waals surface area (Å²) in [6.07, 6.45) is 10.8. The van der Waals surface area contributed by atoms with E-state index in [2.05, 4.69) is 28.9 Å². The van der Waals surface area contributed by atoms with E-state index in [-0.39, 0.29) is 72.6 Å². The SMILES string of the molecule is CCC(C)C(C(CC(=O)N1CCCC1C(OC)C(C)C(=O)N[C@H](C)CC1=CCCC=C1)OC)N(C)C(=O)CNC(=O)C(C(C)C)N(C)C. The third-order valence-electron chi connectivity index (χ3n) is 10.2. The van der Waals surface area contributed by atoms with Crippen LogP contribution in [-0.2, 0) is 28.7 Å². The third-order valence-corrected chi connectivity index (χ3v) is 10.2. The second-order valence-electron chi connectivity index (χ2n) is 14.4. The number of carbonyl (C=O) groups is 4. The molecule has 1 heterocycles. The van der Waals surface area contributed by atoms with Crippen molar-refractivity contribution in [1.82, 2.24) is 25.3 Å². The first kappa shape index (κ1) is 41.4. The van der Waals surface area contributed by atoms with Crippen molar-refractivity contribution in [2.24, 2.45) is 17.8 Å². The molecular weight excluding hydrogens is 610 g/mol. The molecule has 0 aromatic heterocycles. The number of carbonyl (C=O) groups excluding carboxylic acids is 4. The number of nitrogens with zero attached hydrogens (tertiary/aromatic N) is 3. The van der Waals surface area contributed by atoms with E-state index in [1.165, 1.54) is 5.57 Å². The highest BCUT2D eigenvalue weighted by Crippen LogP contribution is 2.29. The number of hydrogen-bond acceptors (Lipinski definition) is 7. The zero-order valence-electron chi connectivity index (χ0n) is 31.6. The molecular formula is C37H65N5O6. The standard InChI is InChI=1S/C37H65N5O6/c1-12-25(4)34(41(9)32(44)23-38-37(46)33(24(2)3)40(7)8)30(47-10)22-31(43)42-20-16-19-29(42)35(48-11)27(6)36(45)39-26(5)21-28-17-14-13-15-18-28/h14,17-18,24-27,29-30,33-35H,12-13,15-16,19-23H2,1-11H3,(H,38,46)(H,39,45)/t25?,26-,27?,29?,30?,33?,34?,35?/m1/s1. The zero-order valence-corrected chi connectivity index (χ0v) is 31.6. The highest BCUT2D eigenvalue weighted by molar-refractivity contribution is 5.87. The summed E-state index contributed by atoms with van der Waals surface area (Å²) in [6, 6.07) is -1.01. The van der Waals surface area contributed by atoms with Crippen LogP contribution in [-0.4, -0.2) is 123 Å². The van der Waals surface area contributed by atoms with Crippen molar-refractivity contribution in [1.29, 1.82) is 0 Å². The summed E-state index contributed by atoms with van der Waals surface area (Å²) in [5.41, 5.74) is 1.24. The zero-order chi connectivity index (χ0) is 36.1. The van der Waals surface area contributed by atoms with Gasteiger partial charge in [-0.15, -0.1) is 0 Å². The number of hydrogen-bond donors (Lipinski definition) is 2. The van der Waals surface area contributed by atoms with Crippen LogP contribution in [0.4, 0.5) is 0 Å². The minimum absolute atomic E-state index is 0.0228. The van der Waals surface area contributed by atoms with Crippen LogP contribution in [0.1, 0.15) is 86.5 Å². The highest BCUT2D eigenvalue weighted by atomic mass is 16.5. The van der Waals surface area contributed by atoms with Gasteiger partial charge in [0.25, 0.3) is 0 Å². The number of nitrogens with one attached hydrogen (secondary N) is 2. The number of ether oxygens (including phenoxy) is 2. The summed E-state index contributed by atoms with van der Waals surface area (Å²) in [4.78, 5) is 59.0. The molecule has 8 atom stereocenters. The first-order valence-electron chi connectivity index (χ1n) is 17.9. The van der Waals surface area contributed by atoms with Crippen LogP contribution in [0.2, 0.25) is 0 Å². The van der Waals surface area contributed by atoms with Gasteiger partial charge in [-0.05, 0) is 65.0 Å². The Hall–Kier alpha value is -2.76. The van der Waals surface area contributed by atoms with E-state index < -0.39 is 18.1 Å². The van der Waals surface area contributed by atoms with Gasteiger partial charge in [-0.1, -0.05) is 64.8 Å². The lowest BCUT2D eigenvalue weighted by molar-refractivity contribution is -0.146. The highest BCUT2D eigenvalue weighted by Gasteiger charge is 2.42. The minimum atomic E-state index is -0.561. The van der Waals surface area contributed by atoms with Gasteiger partial charge in [-0.3, -0.25) is 24.1 Å². The van der Waals surface area contributed by atoms with Crippen molar-refractivity contribution in [3.8, 4) is 0 Å². The number of allylic oxidation sites excluding steroid dienone is 3. The maximum Gasteiger partial charge on any atom is 0.242 e. The Bertz CT molecular complexity index is 1120. The van der Waals surface area contributed by atoms with E-state index in [1.807, 2.05) is 65.4 Å². The van der Waals surface area contributed by atoms with Gasteiger partial charge in [-0.25, -0.2) is 0 Å². The van der Waals surface area contributed by atoms with Crippen molar-refractivity contribution in [3.05, 3.63) is 23.8 Å². The normalized spacial score (nSPS) is 20.8. The van der Waals surface area contributed by atoms with E-state index >= 15 is 0 Å². The first-order chi connectivity index (χ1) is 22.7. The molecule has 11 heteroatoms. The molecule has 0 spiro atoms. The van der Waals surface area contributed by atoms with Gasteiger partial charge in [0.1, 0.15) is 0 Å². The average molecular weight is 676 g/mol. The monoisotopic (exact) mass is 675 g/mol. The Balaban J connectivity index is 2.12. The molecule has 274 valence electrons. The molecule has 4 amide bonds. The lowest BCUT2D eigenvalue weighted by Crippen LogP contribution is -2.55. The van der Waals surface area contributed by atoms with Gasteiger partial charge < -0.3 is 29.9 Å². The predicted octanol–water partition coefficient (Wildman–Crippen LogP) is 3.78. The minimum Gasteiger partial charge on any atom is -0.379 e. The second-order valence-corrected chi connectivity index (χ2v) is 14.4. The van der Waals surface area contributed by atoms with Gasteiger partial charge in [0.15, 0.2) is 0 Å². The summed E-state index contributed by atoms with van der Waals surface area (Å²) < 4.78 is 11.9. The fourth-order valence-corrected chi connectivity index (χ4v) is 7.45. The lowest BCUT2D eigenvalue weighted by Gasteiger charge is -2.39. The quantitative estimate of drug-likeness (QED) is 0.214. The molecule has 2 rings (SSSR count). The Kier molecular flexibility index (Phi) is 17.3. The van der Waals surface area contributed by atoms with Crippen molar-refractivity contribution >= 4 is 23.6 Å². The molecule has 2 N–H and O–H groups in total. The maximum atomic E-state index is 14.0. The molecule has 1 aliphatic carbocycles. The second kappa shape index (κ2) is 20.0. The predicted molar refractivity (Wildman–Crippen MR) is 190 cm³/mol. The van der Waals surface area contributed by atoms with Crippen LogP contribution in [0.25, 0.3) is 0 Å². The van der Waals surface area contributed by atoms with Gasteiger partial charge >= 0.3 is 0 Å². The van der Waals surface area contributed by atoms with Gasteiger partial charge in [-0.2, -0.15) is 0 Å². The number of amides is 4. The van der Waals surface area contributed by atoms with Crippen LogP contribution in [0.5, 0.6) is 0 Å². The summed E-state index contributed by atoms with van der Waals surface area (Å²) >= 11 is 0. The van der Waals surface area contributed by atoms with Crippen LogP contribution in [0.3, 0.4) is 0 Å². The molecule has 11 nitrogen and oxygen atoms in total. The van der Waals surface area contributed by atoms with Crippen molar-refractivity contribution in [3.63, 3.8) is 0 Å². The molecule has 0 aromatic carbocycles. The fourth-order valence-electron chi connectivity index (χ4n) is 7.45. The Labute approximate surface area is 290 Å². The number of methoxy groups -OCH3 is 2. The molecule has 0 radical (unpaired) electrons. The molecule has 0 bridgehead atoms. The Morgan fingerprint density at radius 3 is 2.23 bits per heavy atom. The number of rotatable bonds is 19. The summed E-state index contributed by atoms with van der Waals surface area (Å²) in [7, 11) is 8.60. The molecule has 48 heavy (non-hydrogen) atoms. The molecule has 1 saturated heterocycles. The van der Waals surface area contributed by atoms with E-state index in [9.17, 15) is 19.2 Å². The van der Waals surface area contributed by atoms with Crippen LogP contribution >= 0.6 is 0 Å². The number of likely N-dealkylation sites (N-methyl/N-ethyl adjacent to an activating group) is 2. The first-order valence-corrected chi connectivity index (χ1v) is 17.9. The molecule has 2 aliphatic rings. The fraction of sp³-hybridized carbons (Fsp3) is 0.784. The number of likely N-dealkylation sites (tertiary alicyclic amines) is 1. The van der Waals surface area contributed by atoms with Crippen LogP contribution in [0.15, 0.2) is 23.8 Å². The topological polar surface area (TPSA) is 121 Å². The smallest absolute Gasteiger partial charge is 0.242 e. The van der Waals surface area contributed by atoms with E-state index in [4.69, 9.17) is 9.47 Å². The third kappa shape index (κ3) is 11.4. The van der Waals surface area contributed by atoms with Crippen molar-refractivity contribution in [2.45, 2.75) is 123 Å². The summed E-state index contributed by atoms with van der Waals surface area (Å²) in [6.45, 7) is 12.4. The van der Waals surface area contributed by atoms with E-state index in [1.54, 1.807) is 26.2 Å². The summed E-state index contributed by atoms with van der Waals surface area (Å²) in [5, 5.41) is 5.98. The van der Waals surface area contributed by atoms with E-state index in [0.29, 0.717) is 6.54 Å². The lowest BCUT2D eigenvalue weighted by atomic mass is 9.90. The van der Waals surface area contributed by atoms with Gasteiger partial charge in [0.2, 0.25) is 23.6 Å². The Morgan fingerprint density at radius 1 is 1.00 bits per heavy atom. The van der Waals surface area contributed by atoms with Gasteiger partial charge in [0.05, 0.1) is 49.2 Å². The van der Waals surface area contributed by atoms with Crippen LogP contribution < -0.4 is 10.6 Å². The van der Waals surface area contributed by atoms with E-state index in [0.717, 1.165) is 38.5 Å². The van der Waals surface area contributed by atoms with Crippen molar-refractivity contribution in [2.75, 3.05) is 48.5 Å². The van der Waals surface area contributed by atoms with Crippen molar-refractivity contribution < 1.29 is 28.7 Å². The van der Waals surface area contributed by atoms with Gasteiger partial charge in [0, 0.05) is 33.9 Å². The molecule has 1 aliphatic heterocycles. The largest absolute Gasteiger partial charge is 0.379 e. The average Bonchev–Trinajstić information content (AvgIpc) is 3.53. The molecule has 1 fully saturated rings. The molecule has 7 unspecified atom stereocenters.